The van der Waals surface area contributed by atoms with Crippen LogP contribution in [0, 0.1) is 0 Å². The van der Waals surface area contributed by atoms with Crippen LogP contribution in [0.4, 0.5) is 5.69 Å². The van der Waals surface area contributed by atoms with Gasteiger partial charge in [0, 0.05) is 10.5 Å². The number of carbonyl (C=O) groups excluding carboxylic acids is 1. The number of para-hydroxylation sites is 1. The molecule has 0 unspecified atom stereocenters. The molecule has 18 heavy (non-hydrogen) atoms. The van der Waals surface area contributed by atoms with Crippen LogP contribution in [0.1, 0.15) is 5.56 Å². The van der Waals surface area contributed by atoms with Crippen LogP contribution in [0.25, 0.3) is 16.5 Å². The summed E-state index contributed by atoms with van der Waals surface area (Å²) in [6.45, 7) is 0. The van der Waals surface area contributed by atoms with Gasteiger partial charge >= 0.3 is 5.97 Å². The number of hydrogen-bond acceptors (Lipinski definition) is 5. The molecule has 0 saturated carbocycles. The number of rotatable bonds is 4. The quantitative estimate of drug-likeness (QED) is 0.219. The van der Waals surface area contributed by atoms with E-state index in [0.29, 0.717) is 17.0 Å². The maximum Gasteiger partial charge on any atom is 0.340 e. The SMILES string of the molecule is COC(=O)/C(=C/c1cccc(N)c1OC)N=[N+]=[N-]. The van der Waals surface area contributed by atoms with Crippen molar-refractivity contribution in [1.29, 1.82) is 0 Å². The molecule has 0 fully saturated rings. The minimum absolute atomic E-state index is 0.177. The summed E-state index contributed by atoms with van der Waals surface area (Å²) >= 11 is 0. The lowest BCUT2D eigenvalue weighted by Gasteiger charge is -2.08. The Balaban J connectivity index is 3.32. The lowest BCUT2D eigenvalue weighted by Crippen LogP contribution is -2.02. The zero-order chi connectivity index (χ0) is 13.5. The highest BCUT2D eigenvalue weighted by atomic mass is 16.5. The van der Waals surface area contributed by atoms with Gasteiger partial charge in [-0.05, 0) is 17.7 Å². The van der Waals surface area contributed by atoms with Crippen molar-refractivity contribution in [1.82, 2.24) is 0 Å². The molecule has 0 saturated heterocycles. The first kappa shape index (κ1) is 13.4. The highest BCUT2D eigenvalue weighted by molar-refractivity contribution is 5.94. The summed E-state index contributed by atoms with van der Waals surface area (Å²) in [5, 5.41) is 3.27. The first-order chi connectivity index (χ1) is 8.63. The Morgan fingerprint density at radius 1 is 1.50 bits per heavy atom. The molecule has 0 radical (unpaired) electrons. The Morgan fingerprint density at radius 2 is 2.22 bits per heavy atom. The molecule has 0 aliphatic rings. The van der Waals surface area contributed by atoms with E-state index in [-0.39, 0.29) is 5.70 Å². The Morgan fingerprint density at radius 3 is 2.78 bits per heavy atom. The van der Waals surface area contributed by atoms with Crippen LogP contribution in [0.2, 0.25) is 0 Å². The van der Waals surface area contributed by atoms with Crippen LogP contribution in [0.15, 0.2) is 29.0 Å². The second kappa shape index (κ2) is 6.17. The highest BCUT2D eigenvalue weighted by Crippen LogP contribution is 2.28. The molecule has 1 aromatic rings. The lowest BCUT2D eigenvalue weighted by atomic mass is 10.1. The summed E-state index contributed by atoms with van der Waals surface area (Å²) in [5.41, 5.74) is 14.9. The third kappa shape index (κ3) is 2.93. The Bertz CT molecular complexity index is 533. The molecule has 1 rings (SSSR count). The van der Waals surface area contributed by atoms with E-state index in [1.807, 2.05) is 0 Å². The van der Waals surface area contributed by atoms with Gasteiger partial charge in [0.05, 0.1) is 19.9 Å². The zero-order valence-electron chi connectivity index (χ0n) is 9.95. The largest absolute Gasteiger partial charge is 0.494 e. The predicted octanol–water partition coefficient (Wildman–Crippen LogP) is 2.10. The van der Waals surface area contributed by atoms with Gasteiger partial charge in [0.25, 0.3) is 0 Å². The number of methoxy groups -OCH3 is 2. The fourth-order valence-electron chi connectivity index (χ4n) is 1.35. The minimum atomic E-state index is -0.739. The van der Waals surface area contributed by atoms with E-state index in [1.54, 1.807) is 18.2 Å². The molecule has 2 N–H and O–H groups in total. The molecule has 7 nitrogen and oxygen atoms in total. The Labute approximate surface area is 103 Å². The zero-order valence-corrected chi connectivity index (χ0v) is 9.95. The molecule has 0 amide bonds. The van der Waals surface area contributed by atoms with E-state index in [0.717, 1.165) is 0 Å². The Hall–Kier alpha value is -2.66. The first-order valence-electron chi connectivity index (χ1n) is 4.91. The molecular weight excluding hydrogens is 236 g/mol. The fraction of sp³-hybridized carbons (Fsp3) is 0.182. The van der Waals surface area contributed by atoms with Gasteiger partial charge in [0.15, 0.2) is 0 Å². The van der Waals surface area contributed by atoms with Crippen LogP contribution >= 0.6 is 0 Å². The second-order valence-corrected chi connectivity index (χ2v) is 3.18. The van der Waals surface area contributed by atoms with Crippen molar-refractivity contribution >= 4 is 17.7 Å². The number of hydrogen-bond donors (Lipinski definition) is 1. The molecule has 7 heteroatoms. The van der Waals surface area contributed by atoms with Crippen molar-refractivity contribution in [3.63, 3.8) is 0 Å². The van der Waals surface area contributed by atoms with Crippen LogP contribution < -0.4 is 10.5 Å². The van der Waals surface area contributed by atoms with Crippen molar-refractivity contribution in [2.75, 3.05) is 20.0 Å². The van der Waals surface area contributed by atoms with Gasteiger partial charge in [-0.1, -0.05) is 17.2 Å². The summed E-state index contributed by atoms with van der Waals surface area (Å²) < 4.78 is 9.61. The van der Waals surface area contributed by atoms with E-state index < -0.39 is 5.97 Å². The second-order valence-electron chi connectivity index (χ2n) is 3.18. The van der Waals surface area contributed by atoms with Crippen molar-refractivity contribution in [3.05, 3.63) is 39.9 Å². The third-order valence-electron chi connectivity index (χ3n) is 2.12. The number of carbonyl (C=O) groups is 1. The van der Waals surface area contributed by atoms with E-state index in [4.69, 9.17) is 16.0 Å². The standard InChI is InChI=1S/C11H12N4O3/c1-17-10-7(4-3-5-8(10)12)6-9(14-15-13)11(16)18-2/h3-6H,12H2,1-2H3/b9-6-. The Kier molecular flexibility index (Phi) is 4.59. The number of nitrogen functional groups attached to an aromatic ring is 1. The maximum atomic E-state index is 11.4. The molecule has 0 bridgehead atoms. The van der Waals surface area contributed by atoms with Gasteiger partial charge in [-0.2, -0.15) is 0 Å². The normalized spacial score (nSPS) is 10.4. The molecule has 0 aliphatic carbocycles. The summed E-state index contributed by atoms with van der Waals surface area (Å²) in [5.74, 6) is -0.343. The van der Waals surface area contributed by atoms with Gasteiger partial charge in [0.2, 0.25) is 0 Å². The summed E-state index contributed by atoms with van der Waals surface area (Å²) in [7, 11) is 2.65. The molecule has 0 spiro atoms. The van der Waals surface area contributed by atoms with Gasteiger partial charge in [-0.15, -0.1) is 0 Å². The summed E-state index contributed by atoms with van der Waals surface area (Å²) in [6, 6.07) is 5.02. The summed E-state index contributed by atoms with van der Waals surface area (Å²) in [6.07, 6.45) is 1.35. The van der Waals surface area contributed by atoms with Gasteiger partial charge in [0.1, 0.15) is 11.4 Å². The average molecular weight is 248 g/mol. The number of ether oxygens (including phenoxy) is 2. The number of nitrogens with zero attached hydrogens (tertiary/aromatic N) is 3. The minimum Gasteiger partial charge on any atom is -0.494 e. The number of esters is 1. The molecule has 94 valence electrons. The van der Waals surface area contributed by atoms with Crippen molar-refractivity contribution in [2.24, 2.45) is 5.11 Å². The molecule has 0 aliphatic heterocycles. The van der Waals surface area contributed by atoms with Crippen LogP contribution in [-0.4, -0.2) is 20.2 Å². The topological polar surface area (TPSA) is 110 Å². The van der Waals surface area contributed by atoms with E-state index in [2.05, 4.69) is 14.8 Å². The maximum absolute atomic E-state index is 11.4. The smallest absolute Gasteiger partial charge is 0.340 e. The average Bonchev–Trinajstić information content (AvgIpc) is 2.37. The monoisotopic (exact) mass is 248 g/mol. The molecule has 0 aromatic heterocycles. The lowest BCUT2D eigenvalue weighted by molar-refractivity contribution is -0.136. The van der Waals surface area contributed by atoms with Crippen LogP contribution in [0.5, 0.6) is 5.75 Å². The summed E-state index contributed by atoms with van der Waals surface area (Å²) in [4.78, 5) is 13.9. The molecule has 0 heterocycles. The van der Waals surface area contributed by atoms with Crippen molar-refractivity contribution < 1.29 is 14.3 Å². The molecule has 1 aromatic carbocycles. The number of benzene rings is 1. The number of anilines is 1. The van der Waals surface area contributed by atoms with Crippen LogP contribution in [-0.2, 0) is 9.53 Å². The van der Waals surface area contributed by atoms with E-state index >= 15 is 0 Å². The molecular formula is C11H12N4O3. The van der Waals surface area contributed by atoms with E-state index in [9.17, 15) is 4.79 Å². The fourth-order valence-corrected chi connectivity index (χ4v) is 1.35. The van der Waals surface area contributed by atoms with Crippen molar-refractivity contribution in [3.8, 4) is 5.75 Å². The molecule has 0 atom stereocenters. The number of azide groups is 1. The van der Waals surface area contributed by atoms with Gasteiger partial charge in [-0.25, -0.2) is 4.79 Å². The predicted molar refractivity (Wildman–Crippen MR) is 66.5 cm³/mol. The van der Waals surface area contributed by atoms with Crippen LogP contribution in [0.3, 0.4) is 0 Å². The number of nitrogens with two attached hydrogens (primary N) is 1. The highest BCUT2D eigenvalue weighted by Gasteiger charge is 2.10. The van der Waals surface area contributed by atoms with E-state index in [1.165, 1.54) is 20.3 Å². The first-order valence-corrected chi connectivity index (χ1v) is 4.91. The third-order valence-corrected chi connectivity index (χ3v) is 2.12. The van der Waals surface area contributed by atoms with Crippen molar-refractivity contribution in [2.45, 2.75) is 0 Å². The van der Waals surface area contributed by atoms with Gasteiger partial charge in [-0.3, -0.25) is 0 Å². The van der Waals surface area contributed by atoms with Gasteiger partial charge < -0.3 is 15.2 Å².